The molecule has 0 aliphatic rings. The highest BCUT2D eigenvalue weighted by molar-refractivity contribution is 5.76. The van der Waals surface area contributed by atoms with E-state index in [9.17, 15) is 14.3 Å². The van der Waals surface area contributed by atoms with E-state index in [1.807, 2.05) is 0 Å². The van der Waals surface area contributed by atoms with Crippen molar-refractivity contribution >= 4 is 5.97 Å². The molecule has 16 heavy (non-hydrogen) atoms. The molecule has 0 aliphatic heterocycles. The van der Waals surface area contributed by atoms with Crippen LogP contribution >= 0.6 is 0 Å². The SMILES string of the molecule is COCc1ccc(C(O)C(=O)OC)cc1F. The van der Waals surface area contributed by atoms with Gasteiger partial charge in [-0.1, -0.05) is 12.1 Å². The van der Waals surface area contributed by atoms with Crippen LogP contribution < -0.4 is 0 Å². The Balaban J connectivity index is 2.92. The third-order valence-electron chi connectivity index (χ3n) is 2.12. The molecule has 5 heteroatoms. The fourth-order valence-electron chi connectivity index (χ4n) is 1.25. The quantitative estimate of drug-likeness (QED) is 0.786. The number of hydrogen-bond acceptors (Lipinski definition) is 4. The second kappa shape index (κ2) is 5.58. The average molecular weight is 228 g/mol. The molecular weight excluding hydrogens is 215 g/mol. The fourth-order valence-corrected chi connectivity index (χ4v) is 1.25. The molecule has 0 saturated heterocycles. The van der Waals surface area contributed by atoms with Gasteiger partial charge in [0.15, 0.2) is 6.10 Å². The molecule has 4 nitrogen and oxygen atoms in total. The lowest BCUT2D eigenvalue weighted by Gasteiger charge is -2.10. The molecule has 88 valence electrons. The number of carbonyl (C=O) groups excluding carboxylic acids is 1. The third kappa shape index (κ3) is 2.77. The molecule has 1 unspecified atom stereocenters. The van der Waals surface area contributed by atoms with Crippen molar-refractivity contribution < 1.29 is 23.8 Å². The molecule has 1 rings (SSSR count). The van der Waals surface area contributed by atoms with Crippen molar-refractivity contribution in [2.45, 2.75) is 12.7 Å². The van der Waals surface area contributed by atoms with Gasteiger partial charge in [-0.25, -0.2) is 9.18 Å². The molecule has 1 atom stereocenters. The van der Waals surface area contributed by atoms with Gasteiger partial charge in [-0.3, -0.25) is 0 Å². The second-order valence-electron chi connectivity index (χ2n) is 3.21. The van der Waals surface area contributed by atoms with Crippen molar-refractivity contribution in [1.29, 1.82) is 0 Å². The molecule has 0 aliphatic carbocycles. The molecule has 1 aromatic carbocycles. The molecule has 0 spiro atoms. The Labute approximate surface area is 92.6 Å². The van der Waals surface area contributed by atoms with Gasteiger partial charge in [0.25, 0.3) is 0 Å². The normalized spacial score (nSPS) is 12.2. The molecular formula is C11H13FO4. The zero-order valence-corrected chi connectivity index (χ0v) is 9.07. The number of methoxy groups -OCH3 is 2. The molecule has 0 aromatic heterocycles. The lowest BCUT2D eigenvalue weighted by Crippen LogP contribution is -2.13. The van der Waals surface area contributed by atoms with Gasteiger partial charge in [0.1, 0.15) is 5.82 Å². The van der Waals surface area contributed by atoms with Crippen molar-refractivity contribution in [1.82, 2.24) is 0 Å². The standard InChI is InChI=1S/C11H13FO4/c1-15-6-8-4-3-7(5-9(8)12)10(13)11(14)16-2/h3-5,10,13H,6H2,1-2H3. The van der Waals surface area contributed by atoms with Gasteiger partial charge in [-0.05, 0) is 11.6 Å². The van der Waals surface area contributed by atoms with E-state index in [-0.39, 0.29) is 12.2 Å². The summed E-state index contributed by atoms with van der Waals surface area (Å²) < 4.78 is 22.6. The van der Waals surface area contributed by atoms with E-state index in [0.29, 0.717) is 5.56 Å². The van der Waals surface area contributed by atoms with Crippen molar-refractivity contribution in [3.63, 3.8) is 0 Å². The Morgan fingerprint density at radius 1 is 1.50 bits per heavy atom. The van der Waals surface area contributed by atoms with Crippen LogP contribution in [0.2, 0.25) is 0 Å². The molecule has 0 heterocycles. The predicted octanol–water partition coefficient (Wildman–Crippen LogP) is 1.18. The van der Waals surface area contributed by atoms with Crippen LogP contribution in [0.4, 0.5) is 4.39 Å². The number of benzene rings is 1. The van der Waals surface area contributed by atoms with Crippen LogP contribution in [0.3, 0.4) is 0 Å². The van der Waals surface area contributed by atoms with Crippen molar-refractivity contribution in [3.05, 3.63) is 35.1 Å². The van der Waals surface area contributed by atoms with E-state index in [4.69, 9.17) is 4.74 Å². The molecule has 1 N–H and O–H groups in total. The summed E-state index contributed by atoms with van der Waals surface area (Å²) in [6, 6.07) is 4.01. The second-order valence-corrected chi connectivity index (χ2v) is 3.21. The minimum absolute atomic E-state index is 0.139. The summed E-state index contributed by atoms with van der Waals surface area (Å²) in [5.41, 5.74) is 0.521. The summed E-state index contributed by atoms with van der Waals surface area (Å²) in [6.45, 7) is 0.139. The van der Waals surface area contributed by atoms with Gasteiger partial charge in [0.2, 0.25) is 0 Å². The summed E-state index contributed by atoms with van der Waals surface area (Å²) in [4.78, 5) is 11.0. The first-order valence-corrected chi connectivity index (χ1v) is 4.63. The highest BCUT2D eigenvalue weighted by atomic mass is 19.1. The third-order valence-corrected chi connectivity index (χ3v) is 2.12. The van der Waals surface area contributed by atoms with Gasteiger partial charge in [-0.15, -0.1) is 0 Å². The average Bonchev–Trinajstić information content (AvgIpc) is 2.30. The minimum atomic E-state index is -1.46. The van der Waals surface area contributed by atoms with Crippen LogP contribution in [0.1, 0.15) is 17.2 Å². The Hall–Kier alpha value is -1.46. The molecule has 0 bridgehead atoms. The van der Waals surface area contributed by atoms with Crippen LogP contribution in [-0.2, 0) is 20.9 Å². The van der Waals surface area contributed by atoms with E-state index in [2.05, 4.69) is 4.74 Å². The number of halogens is 1. The Kier molecular flexibility index (Phi) is 4.39. The van der Waals surface area contributed by atoms with Crippen LogP contribution in [0.5, 0.6) is 0 Å². The Morgan fingerprint density at radius 3 is 2.69 bits per heavy atom. The van der Waals surface area contributed by atoms with Crippen LogP contribution in [0.15, 0.2) is 18.2 Å². The maximum Gasteiger partial charge on any atom is 0.339 e. The summed E-state index contributed by atoms with van der Waals surface area (Å²) in [5, 5.41) is 9.46. The Bertz CT molecular complexity index is 378. The highest BCUT2D eigenvalue weighted by Gasteiger charge is 2.18. The summed E-state index contributed by atoms with van der Waals surface area (Å²) >= 11 is 0. The van der Waals surface area contributed by atoms with E-state index >= 15 is 0 Å². The zero-order chi connectivity index (χ0) is 12.1. The molecule has 0 saturated carbocycles. The van der Waals surface area contributed by atoms with Gasteiger partial charge in [0, 0.05) is 12.7 Å². The van der Waals surface area contributed by atoms with Crippen molar-refractivity contribution in [2.75, 3.05) is 14.2 Å². The van der Waals surface area contributed by atoms with Gasteiger partial charge >= 0.3 is 5.97 Å². The summed E-state index contributed by atoms with van der Waals surface area (Å²) in [6.07, 6.45) is -1.46. The molecule has 0 radical (unpaired) electrons. The molecule has 1 aromatic rings. The monoisotopic (exact) mass is 228 g/mol. The van der Waals surface area contributed by atoms with E-state index in [1.165, 1.54) is 19.2 Å². The Morgan fingerprint density at radius 2 is 2.19 bits per heavy atom. The topological polar surface area (TPSA) is 55.8 Å². The maximum absolute atomic E-state index is 13.4. The number of ether oxygens (including phenoxy) is 2. The predicted molar refractivity (Wildman–Crippen MR) is 54.1 cm³/mol. The van der Waals surface area contributed by atoms with Gasteiger partial charge < -0.3 is 14.6 Å². The first-order chi connectivity index (χ1) is 7.60. The molecule has 0 fully saturated rings. The minimum Gasteiger partial charge on any atom is -0.467 e. The smallest absolute Gasteiger partial charge is 0.339 e. The van der Waals surface area contributed by atoms with Crippen LogP contribution in [0, 0.1) is 5.82 Å². The largest absolute Gasteiger partial charge is 0.467 e. The highest BCUT2D eigenvalue weighted by Crippen LogP contribution is 2.18. The number of aliphatic hydroxyl groups excluding tert-OH is 1. The van der Waals surface area contributed by atoms with E-state index in [0.717, 1.165) is 13.2 Å². The lowest BCUT2D eigenvalue weighted by atomic mass is 10.1. The maximum atomic E-state index is 13.4. The van der Waals surface area contributed by atoms with Crippen molar-refractivity contribution in [2.24, 2.45) is 0 Å². The van der Waals surface area contributed by atoms with Crippen LogP contribution in [-0.4, -0.2) is 25.3 Å². The number of carbonyl (C=O) groups is 1. The summed E-state index contributed by atoms with van der Waals surface area (Å²) in [7, 11) is 2.61. The van der Waals surface area contributed by atoms with Crippen molar-refractivity contribution in [3.8, 4) is 0 Å². The van der Waals surface area contributed by atoms with E-state index < -0.39 is 17.9 Å². The number of aliphatic hydroxyl groups is 1. The number of rotatable bonds is 4. The van der Waals surface area contributed by atoms with E-state index in [1.54, 1.807) is 0 Å². The van der Waals surface area contributed by atoms with Crippen LogP contribution in [0.25, 0.3) is 0 Å². The fraction of sp³-hybridized carbons (Fsp3) is 0.364. The first-order valence-electron chi connectivity index (χ1n) is 4.63. The zero-order valence-electron chi connectivity index (χ0n) is 9.07. The summed E-state index contributed by atoms with van der Waals surface area (Å²) in [5.74, 6) is -1.35. The first kappa shape index (κ1) is 12.6. The van der Waals surface area contributed by atoms with Gasteiger partial charge in [0.05, 0.1) is 13.7 Å². The number of esters is 1. The molecule has 0 amide bonds. The number of hydrogen-bond donors (Lipinski definition) is 1. The van der Waals surface area contributed by atoms with Gasteiger partial charge in [-0.2, -0.15) is 0 Å². The lowest BCUT2D eigenvalue weighted by molar-refractivity contribution is -0.150.